The minimum Gasteiger partial charge on any atom is -0.461 e. The first-order valence-corrected chi connectivity index (χ1v) is 25.9. The average Bonchev–Trinajstić information content (AvgIpc) is 3.35. The number of nitrogens with two attached hydrogens (primary N) is 1. The van der Waals surface area contributed by atoms with Crippen molar-refractivity contribution in [2.75, 3.05) is 32.7 Å². The van der Waals surface area contributed by atoms with Gasteiger partial charge in [0, 0.05) is 51.4 Å². The Bertz CT molecular complexity index is 2010. The van der Waals surface area contributed by atoms with Gasteiger partial charge in [-0.2, -0.15) is 0 Å². The molecule has 1 aliphatic carbocycles. The monoisotopic (exact) mass is 976 g/mol. The van der Waals surface area contributed by atoms with E-state index in [-0.39, 0.29) is 48.6 Å². The molecule has 1 aromatic carbocycles. The van der Waals surface area contributed by atoms with E-state index >= 15 is 0 Å². The highest BCUT2D eigenvalue weighted by Crippen LogP contribution is 2.38. The normalized spacial score (nSPS) is 38.2. The number of para-hydroxylation sites is 1. The minimum absolute atomic E-state index is 0.0388. The van der Waals surface area contributed by atoms with Crippen LogP contribution >= 0.6 is 0 Å². The number of methoxy groups -OCH3 is 2. The molecule has 3 fully saturated rings. The smallest absolute Gasteiger partial charge is 0.329 e. The maximum atomic E-state index is 14.5. The molecule has 15 atom stereocenters. The number of aliphatic hydroxyl groups is 3. The largest absolute Gasteiger partial charge is 0.461 e. The summed E-state index contributed by atoms with van der Waals surface area (Å²) in [4.78, 5) is 60.7. The topological polar surface area (TPSA) is 198 Å². The number of hydrogen-bond donors (Lipinski definition) is 4. The molecule has 14 heteroatoms. The fourth-order valence-corrected chi connectivity index (χ4v) is 11.2. The molecule has 1 saturated carbocycles. The molecule has 70 heavy (non-hydrogen) atoms. The molecule has 5 rings (SSSR count). The number of piperidine rings is 1. The van der Waals surface area contributed by atoms with E-state index in [0.717, 1.165) is 17.7 Å². The quantitative estimate of drug-likeness (QED) is 0.122. The second-order valence-electron chi connectivity index (χ2n) is 21.1. The second-order valence-corrected chi connectivity index (χ2v) is 21.1. The van der Waals surface area contributed by atoms with Gasteiger partial charge in [0.2, 0.25) is 5.79 Å². The molecule has 0 spiro atoms. The Balaban J connectivity index is 1.49. The molecule has 2 bridgehead atoms. The van der Waals surface area contributed by atoms with Crippen LogP contribution in [0.25, 0.3) is 0 Å². The first kappa shape index (κ1) is 56.9. The Kier molecular flexibility index (Phi) is 21.6. The van der Waals surface area contributed by atoms with Crippen LogP contribution in [0.4, 0.5) is 5.69 Å². The zero-order chi connectivity index (χ0) is 51.3. The number of nitrogens with zero attached hydrogens (tertiary/aromatic N) is 2. The van der Waals surface area contributed by atoms with E-state index in [1.165, 1.54) is 12.0 Å². The highest BCUT2D eigenvalue weighted by Gasteiger charge is 2.53. The van der Waals surface area contributed by atoms with Crippen LogP contribution in [0.3, 0.4) is 0 Å². The standard InChI is InChI=1S/C56H85N3O11/c1-35-18-12-10-13-19-36(2)46(58(7)43-20-14-11-15-21-43)34-44-26-23-40(6)56(66,70-44)53(63)54(64)59-29-17-16-22-45(59)55(65)69-48(37(3)31-41-24-27-47(60)49(33-41)67-8)28-25-42(57)32-39(5)51(62)52(68-9)50(61)38(4)30-35/h10-15,18-21,32,35,37-38,40-42,44-49,51-52,60,62,66H,16-17,22-31,33-34,57H2,1-9H3/b13-10+,18-12+,36-19+,39-32+/t35-,37-,38-,40?,41?,42+,44?,45+,46?,47-,48+,49-,51-,52+,56-/m1/s1. The number of fused-ring (bicyclic) bond motifs is 3. The lowest BCUT2D eigenvalue weighted by molar-refractivity contribution is -0.263. The number of aliphatic hydroxyl groups excluding tert-OH is 2. The molecule has 1 amide bonds. The third-order valence-corrected chi connectivity index (χ3v) is 15.7. The van der Waals surface area contributed by atoms with Crippen LogP contribution in [-0.2, 0) is 38.1 Å². The third-order valence-electron chi connectivity index (χ3n) is 15.7. The minimum atomic E-state index is -2.41. The van der Waals surface area contributed by atoms with Gasteiger partial charge in [-0.15, -0.1) is 0 Å². The number of anilines is 1. The van der Waals surface area contributed by atoms with Gasteiger partial charge in [0.05, 0.1) is 24.4 Å². The van der Waals surface area contributed by atoms with Crippen molar-refractivity contribution in [3.8, 4) is 0 Å². The first-order chi connectivity index (χ1) is 33.3. The number of carbonyl (C=O) groups excluding carboxylic acids is 4. The number of ether oxygens (including phenoxy) is 4. The summed E-state index contributed by atoms with van der Waals surface area (Å²) < 4.78 is 24.0. The Hall–Kier alpha value is -4.02. The van der Waals surface area contributed by atoms with Crippen LogP contribution in [-0.4, -0.2) is 132 Å². The Morgan fingerprint density at radius 2 is 1.60 bits per heavy atom. The van der Waals surface area contributed by atoms with Gasteiger partial charge >= 0.3 is 5.97 Å². The SMILES string of the molecule is CO[C@@H]1CC(C[C@@H](C)[C@@H]2CC[C@H](N)/C=C(\C)[C@@H](O)[C@@H](OC)C(=O)[C@H](C)C[C@H](C)/C=C/C=C/C=C(\C)C(N(C)c3ccccc3)CC3CCC(C)[C@@](O)(O3)C(=O)C(=O)N3CCCC[C@H]3C(=O)O2)CC[C@H]1O. The molecule has 3 aliphatic heterocycles. The van der Waals surface area contributed by atoms with Crippen molar-refractivity contribution >= 4 is 29.1 Å². The number of ketones is 2. The zero-order valence-electron chi connectivity index (χ0n) is 43.4. The van der Waals surface area contributed by atoms with E-state index in [2.05, 4.69) is 4.90 Å². The Morgan fingerprint density at radius 3 is 2.30 bits per heavy atom. The summed E-state index contributed by atoms with van der Waals surface area (Å²) in [7, 11) is 5.02. The summed E-state index contributed by atoms with van der Waals surface area (Å²) >= 11 is 0. The van der Waals surface area contributed by atoms with Gasteiger partial charge in [-0.05, 0) is 133 Å². The molecular formula is C56H85N3O11. The van der Waals surface area contributed by atoms with E-state index in [9.17, 15) is 34.5 Å². The lowest BCUT2D eigenvalue weighted by atomic mass is 9.78. The molecular weight excluding hydrogens is 891 g/mol. The number of allylic oxidation sites excluding steroid dienone is 5. The van der Waals surface area contributed by atoms with Gasteiger partial charge in [0.15, 0.2) is 5.78 Å². The highest BCUT2D eigenvalue weighted by molar-refractivity contribution is 6.39. The van der Waals surface area contributed by atoms with Crippen LogP contribution in [0.2, 0.25) is 0 Å². The summed E-state index contributed by atoms with van der Waals surface area (Å²) in [5.41, 5.74) is 9.18. The average molecular weight is 976 g/mol. The molecule has 0 aromatic heterocycles. The predicted molar refractivity (Wildman–Crippen MR) is 271 cm³/mol. The van der Waals surface area contributed by atoms with Gasteiger partial charge in [0.1, 0.15) is 24.4 Å². The number of esters is 1. The number of cyclic esters (lactones) is 1. The number of likely N-dealkylation sites (N-methyl/N-ethyl adjacent to an activating group) is 1. The number of Topliss-reactive ketones (excluding diaryl/α,β-unsaturated/α-hetero) is 2. The fourth-order valence-electron chi connectivity index (χ4n) is 11.2. The van der Waals surface area contributed by atoms with E-state index in [0.29, 0.717) is 76.2 Å². The van der Waals surface area contributed by atoms with Crippen molar-refractivity contribution in [3.05, 3.63) is 77.9 Å². The van der Waals surface area contributed by atoms with Gasteiger partial charge < -0.3 is 49.8 Å². The summed E-state index contributed by atoms with van der Waals surface area (Å²) in [5.74, 6) is -6.32. The molecule has 3 heterocycles. The maximum absolute atomic E-state index is 14.5. The first-order valence-electron chi connectivity index (χ1n) is 25.9. The van der Waals surface area contributed by atoms with Crippen molar-refractivity contribution < 1.29 is 53.4 Å². The number of amides is 1. The van der Waals surface area contributed by atoms with Crippen molar-refractivity contribution in [2.24, 2.45) is 35.3 Å². The molecule has 5 N–H and O–H groups in total. The van der Waals surface area contributed by atoms with Gasteiger partial charge in [-0.25, -0.2) is 4.79 Å². The van der Waals surface area contributed by atoms with Crippen molar-refractivity contribution in [1.82, 2.24) is 4.90 Å². The maximum Gasteiger partial charge on any atom is 0.329 e. The lowest BCUT2D eigenvalue weighted by Gasteiger charge is -2.43. The number of carbonyl (C=O) groups is 4. The molecule has 390 valence electrons. The summed E-state index contributed by atoms with van der Waals surface area (Å²) in [6.07, 6.45) is 14.1. The molecule has 1 aromatic rings. The second kappa shape index (κ2) is 26.6. The third kappa shape index (κ3) is 14.8. The summed E-state index contributed by atoms with van der Waals surface area (Å²) in [5, 5.41) is 34.2. The van der Waals surface area contributed by atoms with Crippen LogP contribution in [0.5, 0.6) is 0 Å². The van der Waals surface area contributed by atoms with Crippen molar-refractivity contribution in [2.45, 2.75) is 186 Å². The molecule has 0 radical (unpaired) electrons. The van der Waals surface area contributed by atoms with Crippen LogP contribution in [0, 0.1) is 29.6 Å². The van der Waals surface area contributed by atoms with Crippen molar-refractivity contribution in [1.29, 1.82) is 0 Å². The van der Waals surface area contributed by atoms with E-state index in [4.69, 9.17) is 24.7 Å². The van der Waals surface area contributed by atoms with E-state index in [1.54, 1.807) is 27.0 Å². The number of rotatable bonds is 7. The summed E-state index contributed by atoms with van der Waals surface area (Å²) in [6, 6.07) is 8.08. The number of benzene rings is 1. The molecule has 4 unspecified atom stereocenters. The van der Waals surface area contributed by atoms with Crippen molar-refractivity contribution in [3.63, 3.8) is 0 Å². The fraction of sp³-hybridized carbons (Fsp3) is 0.679. The molecule has 14 nitrogen and oxygen atoms in total. The molecule has 4 aliphatic rings. The predicted octanol–water partition coefficient (Wildman–Crippen LogP) is 7.18. The van der Waals surface area contributed by atoms with Crippen LogP contribution in [0.1, 0.15) is 125 Å². The van der Waals surface area contributed by atoms with E-state index in [1.807, 2.05) is 95.5 Å². The highest BCUT2D eigenvalue weighted by atomic mass is 16.6. The zero-order valence-corrected chi connectivity index (χ0v) is 43.4. The van der Waals surface area contributed by atoms with Gasteiger partial charge in [-0.1, -0.05) is 87.9 Å². The van der Waals surface area contributed by atoms with Crippen LogP contribution < -0.4 is 10.6 Å². The summed E-state index contributed by atoms with van der Waals surface area (Å²) in [6.45, 7) is 11.5. The van der Waals surface area contributed by atoms with Crippen LogP contribution in [0.15, 0.2) is 77.9 Å². The lowest BCUT2D eigenvalue weighted by Crippen LogP contribution is -2.61. The number of hydrogen-bond acceptors (Lipinski definition) is 13. The van der Waals surface area contributed by atoms with Gasteiger partial charge in [-0.3, -0.25) is 14.4 Å². The van der Waals surface area contributed by atoms with Gasteiger partial charge in [0.25, 0.3) is 11.7 Å². The van der Waals surface area contributed by atoms with E-state index < -0.39 is 77.9 Å². The molecule has 2 saturated heterocycles. The Labute approximate surface area is 417 Å². The Morgan fingerprint density at radius 1 is 0.871 bits per heavy atom.